The van der Waals surface area contributed by atoms with Crippen LogP contribution in [0.4, 0.5) is 15.8 Å². The van der Waals surface area contributed by atoms with E-state index in [1.54, 1.807) is 13.2 Å². The van der Waals surface area contributed by atoms with Crippen molar-refractivity contribution in [1.82, 2.24) is 0 Å². The van der Waals surface area contributed by atoms with Crippen molar-refractivity contribution in [3.8, 4) is 5.75 Å². The standard InChI is InChI=1S/C19H21BrFN3O2/c1-26-15-4-2-14(3-5-15)24-8-6-13(7-9-24)23-17-11-12(20)10-16(21)18(17)19(22)25/h2-5,10-11,13,23H,6-9H2,1H3,(H2,22,25). The van der Waals surface area contributed by atoms with E-state index in [-0.39, 0.29) is 11.6 Å². The number of nitrogens with zero attached hydrogens (tertiary/aromatic N) is 1. The molecule has 1 fully saturated rings. The SMILES string of the molecule is COc1ccc(N2CCC(Nc3cc(Br)cc(F)c3C(N)=O)CC2)cc1. The summed E-state index contributed by atoms with van der Waals surface area (Å²) < 4.78 is 19.8. The van der Waals surface area contributed by atoms with Gasteiger partial charge in [0.05, 0.1) is 18.4 Å². The van der Waals surface area contributed by atoms with E-state index in [4.69, 9.17) is 10.5 Å². The van der Waals surface area contributed by atoms with Crippen LogP contribution < -0.4 is 20.7 Å². The number of rotatable bonds is 5. The lowest BCUT2D eigenvalue weighted by atomic mass is 10.0. The lowest BCUT2D eigenvalue weighted by Gasteiger charge is -2.34. The summed E-state index contributed by atoms with van der Waals surface area (Å²) in [5.74, 6) is -0.556. The number of nitrogens with two attached hydrogens (primary N) is 1. The fourth-order valence-corrected chi connectivity index (χ4v) is 3.66. The molecule has 7 heteroatoms. The molecule has 0 aromatic heterocycles. The summed E-state index contributed by atoms with van der Waals surface area (Å²) in [6.45, 7) is 1.73. The Hall–Kier alpha value is -2.28. The Morgan fingerprint density at radius 1 is 1.27 bits per heavy atom. The molecule has 2 aromatic rings. The number of carbonyl (C=O) groups excluding carboxylic acids is 1. The van der Waals surface area contributed by atoms with Crippen LogP contribution in [-0.4, -0.2) is 32.1 Å². The third kappa shape index (κ3) is 4.09. The van der Waals surface area contributed by atoms with E-state index >= 15 is 0 Å². The highest BCUT2D eigenvalue weighted by molar-refractivity contribution is 9.10. The minimum atomic E-state index is -0.770. The van der Waals surface area contributed by atoms with Crippen molar-refractivity contribution < 1.29 is 13.9 Å². The third-order valence-electron chi connectivity index (χ3n) is 4.59. The number of methoxy groups -OCH3 is 1. The highest BCUT2D eigenvalue weighted by Crippen LogP contribution is 2.28. The topological polar surface area (TPSA) is 67.6 Å². The van der Waals surface area contributed by atoms with Gasteiger partial charge in [-0.15, -0.1) is 0 Å². The molecule has 3 N–H and O–H groups in total. The lowest BCUT2D eigenvalue weighted by Crippen LogP contribution is -2.39. The Bertz CT molecular complexity index is 790. The number of amides is 1. The van der Waals surface area contributed by atoms with E-state index < -0.39 is 11.7 Å². The Morgan fingerprint density at radius 3 is 2.50 bits per heavy atom. The highest BCUT2D eigenvalue weighted by Gasteiger charge is 2.22. The van der Waals surface area contributed by atoms with Gasteiger partial charge in [-0.25, -0.2) is 4.39 Å². The molecule has 3 rings (SSSR count). The molecule has 26 heavy (non-hydrogen) atoms. The van der Waals surface area contributed by atoms with Gasteiger partial charge in [0.1, 0.15) is 11.6 Å². The highest BCUT2D eigenvalue weighted by atomic mass is 79.9. The van der Waals surface area contributed by atoms with Crippen LogP contribution in [0.2, 0.25) is 0 Å². The van der Waals surface area contributed by atoms with Gasteiger partial charge < -0.3 is 20.7 Å². The van der Waals surface area contributed by atoms with Crippen molar-refractivity contribution in [2.75, 3.05) is 30.4 Å². The maximum atomic E-state index is 14.1. The van der Waals surface area contributed by atoms with Gasteiger partial charge in [0.15, 0.2) is 0 Å². The molecule has 0 saturated carbocycles. The number of nitrogens with one attached hydrogen (secondary N) is 1. The zero-order chi connectivity index (χ0) is 18.7. The number of hydrogen-bond donors (Lipinski definition) is 2. The van der Waals surface area contributed by atoms with Crippen LogP contribution in [0.5, 0.6) is 5.75 Å². The summed E-state index contributed by atoms with van der Waals surface area (Å²) in [4.78, 5) is 13.9. The quantitative estimate of drug-likeness (QED) is 0.770. The molecule has 0 atom stereocenters. The molecule has 0 radical (unpaired) electrons. The lowest BCUT2D eigenvalue weighted by molar-refractivity contribution is 0.0997. The van der Waals surface area contributed by atoms with Crippen LogP contribution in [0.25, 0.3) is 0 Å². The number of piperidine rings is 1. The van der Waals surface area contributed by atoms with E-state index in [1.165, 1.54) is 6.07 Å². The van der Waals surface area contributed by atoms with Crippen molar-refractivity contribution in [1.29, 1.82) is 0 Å². The predicted molar refractivity (Wildman–Crippen MR) is 104 cm³/mol. The van der Waals surface area contributed by atoms with E-state index in [9.17, 15) is 9.18 Å². The van der Waals surface area contributed by atoms with Crippen molar-refractivity contribution in [3.05, 3.63) is 52.3 Å². The molecule has 1 saturated heterocycles. The maximum Gasteiger partial charge on any atom is 0.253 e. The third-order valence-corrected chi connectivity index (χ3v) is 5.05. The maximum absolute atomic E-state index is 14.1. The number of benzene rings is 2. The first-order valence-electron chi connectivity index (χ1n) is 8.42. The van der Waals surface area contributed by atoms with Crippen LogP contribution in [0.3, 0.4) is 0 Å². The molecule has 1 aliphatic rings. The summed E-state index contributed by atoms with van der Waals surface area (Å²) in [6.07, 6.45) is 1.75. The number of carbonyl (C=O) groups is 1. The van der Waals surface area contributed by atoms with Crippen LogP contribution in [0.15, 0.2) is 40.9 Å². The van der Waals surface area contributed by atoms with Crippen LogP contribution in [0.1, 0.15) is 23.2 Å². The van der Waals surface area contributed by atoms with Gasteiger partial charge in [-0.05, 0) is 49.2 Å². The van der Waals surface area contributed by atoms with Gasteiger partial charge in [0, 0.05) is 29.3 Å². The van der Waals surface area contributed by atoms with Gasteiger partial charge in [-0.3, -0.25) is 4.79 Å². The second-order valence-electron chi connectivity index (χ2n) is 6.28. The van der Waals surface area contributed by atoms with Crippen molar-refractivity contribution in [2.45, 2.75) is 18.9 Å². The minimum Gasteiger partial charge on any atom is -0.497 e. The summed E-state index contributed by atoms with van der Waals surface area (Å²) >= 11 is 3.26. The van der Waals surface area contributed by atoms with Crippen molar-refractivity contribution >= 4 is 33.2 Å². The van der Waals surface area contributed by atoms with Crippen LogP contribution in [-0.2, 0) is 0 Å². The predicted octanol–water partition coefficient (Wildman–Crippen LogP) is 3.78. The number of primary amides is 1. The van der Waals surface area contributed by atoms with E-state index in [1.807, 2.05) is 24.3 Å². The Morgan fingerprint density at radius 2 is 1.92 bits per heavy atom. The van der Waals surface area contributed by atoms with Gasteiger partial charge in [-0.2, -0.15) is 0 Å². The normalized spacial score (nSPS) is 15.0. The minimum absolute atomic E-state index is 0.0919. The molecule has 138 valence electrons. The van der Waals surface area contributed by atoms with E-state index in [2.05, 4.69) is 26.1 Å². The summed E-state index contributed by atoms with van der Waals surface area (Å²) in [5.41, 5.74) is 6.83. The van der Waals surface area contributed by atoms with Gasteiger partial charge in [0.2, 0.25) is 0 Å². The second-order valence-corrected chi connectivity index (χ2v) is 7.19. The van der Waals surface area contributed by atoms with Crippen molar-refractivity contribution in [3.63, 3.8) is 0 Å². The molecule has 1 heterocycles. The molecular weight excluding hydrogens is 401 g/mol. The fourth-order valence-electron chi connectivity index (χ4n) is 3.23. The molecule has 2 aromatic carbocycles. The second kappa shape index (κ2) is 7.95. The van der Waals surface area contributed by atoms with Gasteiger partial charge >= 0.3 is 0 Å². The molecule has 0 bridgehead atoms. The molecule has 0 spiro atoms. The Kier molecular flexibility index (Phi) is 5.66. The van der Waals surface area contributed by atoms with Crippen LogP contribution >= 0.6 is 15.9 Å². The smallest absolute Gasteiger partial charge is 0.253 e. The van der Waals surface area contributed by atoms with E-state index in [0.717, 1.165) is 37.4 Å². The Balaban J connectivity index is 1.66. The molecule has 1 aliphatic heterocycles. The molecule has 0 aliphatic carbocycles. The molecule has 1 amide bonds. The molecule has 0 unspecified atom stereocenters. The Labute approximate surface area is 160 Å². The first kappa shape index (κ1) is 18.5. The number of ether oxygens (including phenoxy) is 1. The molecule has 5 nitrogen and oxygen atoms in total. The zero-order valence-corrected chi connectivity index (χ0v) is 16.1. The first-order chi connectivity index (χ1) is 12.5. The zero-order valence-electron chi connectivity index (χ0n) is 14.5. The van der Waals surface area contributed by atoms with Crippen LogP contribution in [0, 0.1) is 5.82 Å². The number of halogens is 2. The summed E-state index contributed by atoms with van der Waals surface area (Å²) in [5, 5.41) is 3.29. The van der Waals surface area contributed by atoms with Crippen molar-refractivity contribution in [2.24, 2.45) is 5.73 Å². The molecular formula is C19H21BrFN3O2. The fraction of sp³-hybridized carbons (Fsp3) is 0.316. The first-order valence-corrected chi connectivity index (χ1v) is 9.21. The number of anilines is 2. The van der Waals surface area contributed by atoms with Gasteiger partial charge in [0.25, 0.3) is 5.91 Å². The largest absolute Gasteiger partial charge is 0.497 e. The summed E-state index contributed by atoms with van der Waals surface area (Å²) in [6, 6.07) is 11.1. The average Bonchev–Trinajstić information content (AvgIpc) is 2.61. The monoisotopic (exact) mass is 421 g/mol. The van der Waals surface area contributed by atoms with E-state index in [0.29, 0.717) is 10.2 Å². The number of hydrogen-bond acceptors (Lipinski definition) is 4. The van der Waals surface area contributed by atoms with Gasteiger partial charge in [-0.1, -0.05) is 15.9 Å². The summed E-state index contributed by atoms with van der Waals surface area (Å²) in [7, 11) is 1.65. The average molecular weight is 422 g/mol.